The Morgan fingerprint density at radius 3 is 2.23 bits per heavy atom. The molecule has 0 bridgehead atoms. The van der Waals surface area contributed by atoms with Gasteiger partial charge in [-0.25, -0.2) is 0 Å². The molecule has 128 valence electrons. The summed E-state index contributed by atoms with van der Waals surface area (Å²) >= 11 is 0. The zero-order valence-corrected chi connectivity index (χ0v) is 14.9. The van der Waals surface area contributed by atoms with Crippen molar-refractivity contribution >= 4 is 17.0 Å². The molecule has 3 nitrogen and oxygen atoms in total. The molecule has 0 radical (unpaired) electrons. The molecule has 0 unspecified atom stereocenters. The topological polar surface area (TPSA) is 24.7 Å². The number of hydrogen-bond acceptors (Lipinski definition) is 2. The van der Waals surface area contributed by atoms with Crippen LogP contribution in [0.25, 0.3) is 16.6 Å². The summed E-state index contributed by atoms with van der Waals surface area (Å²) < 4.78 is 1.98. The van der Waals surface area contributed by atoms with Crippen LogP contribution in [0.5, 0.6) is 0 Å². The third-order valence-corrected chi connectivity index (χ3v) is 4.64. The molecule has 0 spiro atoms. The lowest BCUT2D eigenvalue weighted by Crippen LogP contribution is -2.07. The molecule has 2 aromatic carbocycles. The first-order chi connectivity index (χ1) is 12.6. The van der Waals surface area contributed by atoms with E-state index in [1.54, 1.807) is 0 Å². The number of aromatic nitrogens is 1. The highest BCUT2D eigenvalue weighted by molar-refractivity contribution is 6.10. The van der Waals surface area contributed by atoms with E-state index in [1.165, 1.54) is 0 Å². The highest BCUT2D eigenvalue weighted by Crippen LogP contribution is 2.30. The third kappa shape index (κ3) is 2.78. The standard InChI is InChI=1S/C23H20N2O/c1-24(2)19-13-11-17(12-14-19)20-16-22(25-15-7-6-10-21(20)25)23(26)18-8-4-3-5-9-18/h3-16H,1-2H3. The van der Waals surface area contributed by atoms with E-state index < -0.39 is 0 Å². The summed E-state index contributed by atoms with van der Waals surface area (Å²) in [6, 6.07) is 25.8. The molecule has 0 amide bonds. The SMILES string of the molecule is CN(C)c1ccc(-c2cc(C(=O)c3ccccc3)n3ccccc23)cc1. The number of anilines is 1. The predicted molar refractivity (Wildman–Crippen MR) is 107 cm³/mol. The van der Waals surface area contributed by atoms with Crippen molar-refractivity contribution in [3.8, 4) is 11.1 Å². The molecule has 2 aromatic heterocycles. The van der Waals surface area contributed by atoms with E-state index in [4.69, 9.17) is 0 Å². The van der Waals surface area contributed by atoms with Crippen molar-refractivity contribution in [3.63, 3.8) is 0 Å². The number of benzene rings is 2. The van der Waals surface area contributed by atoms with Crippen molar-refractivity contribution in [1.29, 1.82) is 0 Å². The van der Waals surface area contributed by atoms with Crippen molar-refractivity contribution in [2.75, 3.05) is 19.0 Å². The molecular formula is C23H20N2O. The normalized spacial score (nSPS) is 10.8. The smallest absolute Gasteiger partial charge is 0.209 e. The largest absolute Gasteiger partial charge is 0.378 e. The summed E-state index contributed by atoms with van der Waals surface area (Å²) in [5.41, 5.74) is 5.73. The number of carbonyl (C=O) groups excluding carboxylic acids is 1. The molecule has 0 aliphatic heterocycles. The van der Waals surface area contributed by atoms with E-state index in [9.17, 15) is 4.79 Å². The Hall–Kier alpha value is -3.33. The number of pyridine rings is 1. The van der Waals surface area contributed by atoms with Gasteiger partial charge in [0, 0.05) is 37.1 Å². The molecule has 4 rings (SSSR count). The maximum Gasteiger partial charge on any atom is 0.209 e. The zero-order chi connectivity index (χ0) is 18.1. The highest BCUT2D eigenvalue weighted by atomic mass is 16.1. The Labute approximate surface area is 153 Å². The van der Waals surface area contributed by atoms with Gasteiger partial charge in [0.05, 0.1) is 11.2 Å². The quantitative estimate of drug-likeness (QED) is 0.493. The lowest BCUT2D eigenvalue weighted by Gasteiger charge is -2.12. The molecule has 0 atom stereocenters. The average molecular weight is 340 g/mol. The van der Waals surface area contributed by atoms with Crippen LogP contribution >= 0.6 is 0 Å². The van der Waals surface area contributed by atoms with Crippen LogP contribution in [-0.4, -0.2) is 24.3 Å². The van der Waals surface area contributed by atoms with Crippen LogP contribution in [0.15, 0.2) is 85.1 Å². The number of fused-ring (bicyclic) bond motifs is 1. The number of carbonyl (C=O) groups is 1. The zero-order valence-electron chi connectivity index (χ0n) is 14.9. The molecule has 2 heterocycles. The van der Waals surface area contributed by atoms with Crippen molar-refractivity contribution in [3.05, 3.63) is 96.3 Å². The molecule has 0 aliphatic rings. The molecule has 0 aliphatic carbocycles. The van der Waals surface area contributed by atoms with Crippen LogP contribution in [0.1, 0.15) is 16.1 Å². The van der Waals surface area contributed by atoms with E-state index >= 15 is 0 Å². The molecule has 26 heavy (non-hydrogen) atoms. The number of rotatable bonds is 4. The van der Waals surface area contributed by atoms with E-state index in [0.717, 1.165) is 22.3 Å². The third-order valence-electron chi connectivity index (χ3n) is 4.64. The summed E-state index contributed by atoms with van der Waals surface area (Å²) in [5, 5.41) is 0. The Kier molecular flexibility index (Phi) is 4.05. The van der Waals surface area contributed by atoms with E-state index in [2.05, 4.69) is 35.2 Å². The molecule has 0 fully saturated rings. The fraction of sp³-hybridized carbons (Fsp3) is 0.0870. The fourth-order valence-electron chi connectivity index (χ4n) is 3.24. The minimum absolute atomic E-state index is 0.0305. The summed E-state index contributed by atoms with van der Waals surface area (Å²) in [6.45, 7) is 0. The minimum Gasteiger partial charge on any atom is -0.378 e. The second-order valence-electron chi connectivity index (χ2n) is 6.54. The first kappa shape index (κ1) is 16.2. The van der Waals surface area contributed by atoms with Gasteiger partial charge in [-0.1, -0.05) is 48.5 Å². The van der Waals surface area contributed by atoms with Gasteiger partial charge in [0.25, 0.3) is 0 Å². The van der Waals surface area contributed by atoms with Crippen molar-refractivity contribution < 1.29 is 4.79 Å². The van der Waals surface area contributed by atoms with E-state index in [0.29, 0.717) is 11.3 Å². The molecule has 0 saturated heterocycles. The molecular weight excluding hydrogens is 320 g/mol. The van der Waals surface area contributed by atoms with Gasteiger partial charge in [0.15, 0.2) is 0 Å². The second kappa shape index (κ2) is 6.52. The van der Waals surface area contributed by atoms with Crippen LogP contribution in [0.2, 0.25) is 0 Å². The number of hydrogen-bond donors (Lipinski definition) is 0. The van der Waals surface area contributed by atoms with Gasteiger partial charge in [-0.05, 0) is 35.9 Å². The van der Waals surface area contributed by atoms with Crippen LogP contribution in [0, 0.1) is 0 Å². The predicted octanol–water partition coefficient (Wildman–Crippen LogP) is 4.90. The Balaban J connectivity index is 1.85. The lowest BCUT2D eigenvalue weighted by atomic mass is 10.0. The number of ketones is 1. The van der Waals surface area contributed by atoms with Gasteiger partial charge in [-0.15, -0.1) is 0 Å². The van der Waals surface area contributed by atoms with E-state index in [-0.39, 0.29) is 5.78 Å². The summed E-state index contributed by atoms with van der Waals surface area (Å²) in [5.74, 6) is 0.0305. The minimum atomic E-state index is 0.0305. The maximum absolute atomic E-state index is 13.0. The number of nitrogens with zero attached hydrogens (tertiary/aromatic N) is 2. The molecule has 0 N–H and O–H groups in total. The molecule has 3 heteroatoms. The average Bonchev–Trinajstić information content (AvgIpc) is 3.08. The monoisotopic (exact) mass is 340 g/mol. The summed E-state index contributed by atoms with van der Waals surface area (Å²) in [6.07, 6.45) is 1.95. The van der Waals surface area contributed by atoms with Gasteiger partial charge in [0.1, 0.15) is 0 Å². The van der Waals surface area contributed by atoms with Gasteiger partial charge >= 0.3 is 0 Å². The van der Waals surface area contributed by atoms with E-state index in [1.807, 2.05) is 73.2 Å². The summed E-state index contributed by atoms with van der Waals surface area (Å²) in [7, 11) is 4.05. The Morgan fingerprint density at radius 1 is 0.846 bits per heavy atom. The second-order valence-corrected chi connectivity index (χ2v) is 6.54. The maximum atomic E-state index is 13.0. The van der Waals surface area contributed by atoms with Crippen molar-refractivity contribution in [2.45, 2.75) is 0 Å². The van der Waals surface area contributed by atoms with Gasteiger partial charge < -0.3 is 9.30 Å². The summed E-state index contributed by atoms with van der Waals surface area (Å²) in [4.78, 5) is 15.1. The van der Waals surface area contributed by atoms with Gasteiger partial charge in [0.2, 0.25) is 5.78 Å². The van der Waals surface area contributed by atoms with Gasteiger partial charge in [-0.2, -0.15) is 0 Å². The van der Waals surface area contributed by atoms with Gasteiger partial charge in [-0.3, -0.25) is 4.79 Å². The molecule has 0 saturated carbocycles. The van der Waals surface area contributed by atoms with Crippen LogP contribution in [0.3, 0.4) is 0 Å². The van der Waals surface area contributed by atoms with Crippen molar-refractivity contribution in [2.24, 2.45) is 0 Å². The lowest BCUT2D eigenvalue weighted by molar-refractivity contribution is 0.103. The first-order valence-corrected chi connectivity index (χ1v) is 8.63. The Bertz CT molecular complexity index is 1060. The van der Waals surface area contributed by atoms with Crippen LogP contribution in [-0.2, 0) is 0 Å². The molecule has 4 aromatic rings. The Morgan fingerprint density at radius 2 is 1.54 bits per heavy atom. The first-order valence-electron chi connectivity index (χ1n) is 8.63. The van der Waals surface area contributed by atoms with Crippen LogP contribution < -0.4 is 4.90 Å². The highest BCUT2D eigenvalue weighted by Gasteiger charge is 2.17. The van der Waals surface area contributed by atoms with Crippen molar-refractivity contribution in [1.82, 2.24) is 4.40 Å². The van der Waals surface area contributed by atoms with Crippen LogP contribution in [0.4, 0.5) is 5.69 Å². The fourth-order valence-corrected chi connectivity index (χ4v) is 3.24.